The van der Waals surface area contributed by atoms with E-state index in [-0.39, 0.29) is 0 Å². The molecule has 0 radical (unpaired) electrons. The molecule has 1 fully saturated rings. The van der Waals surface area contributed by atoms with Crippen molar-refractivity contribution in [3.8, 4) is 0 Å². The largest absolute Gasteiger partial charge is 0.312 e. The molecule has 0 aliphatic heterocycles. The Balaban J connectivity index is 2.01. The molecule has 0 aromatic heterocycles. The third-order valence-electron chi connectivity index (χ3n) is 3.28. The molecule has 0 unspecified atom stereocenters. The van der Waals surface area contributed by atoms with E-state index in [2.05, 4.69) is 12.2 Å². The first-order valence-electron chi connectivity index (χ1n) is 5.88. The van der Waals surface area contributed by atoms with Crippen LogP contribution in [-0.4, -0.2) is 13.1 Å². The molecule has 0 aromatic rings. The highest BCUT2D eigenvalue weighted by atomic mass is 35.5. The monoisotopic (exact) mass is 249 g/mol. The molecule has 3 heteroatoms. The number of hydrogen-bond donors (Lipinski definition) is 1. The van der Waals surface area contributed by atoms with Gasteiger partial charge in [-0.2, -0.15) is 0 Å². The molecule has 0 atom stereocenters. The maximum Gasteiger partial charge on any atom is 0.0431 e. The van der Waals surface area contributed by atoms with E-state index in [1.807, 2.05) is 0 Å². The second-order valence-electron chi connectivity index (χ2n) is 4.65. The van der Waals surface area contributed by atoms with Crippen LogP contribution in [0.25, 0.3) is 0 Å². The molecular formula is C12H21Cl2N. The van der Waals surface area contributed by atoms with Crippen LogP contribution in [-0.2, 0) is 0 Å². The van der Waals surface area contributed by atoms with Crippen molar-refractivity contribution in [3.63, 3.8) is 0 Å². The molecule has 0 bridgehead atoms. The van der Waals surface area contributed by atoms with Gasteiger partial charge in [0.15, 0.2) is 0 Å². The van der Waals surface area contributed by atoms with Gasteiger partial charge in [-0.15, -0.1) is 0 Å². The first-order valence-corrected chi connectivity index (χ1v) is 6.69. The summed E-state index contributed by atoms with van der Waals surface area (Å²) in [4.78, 5) is 0. The van der Waals surface area contributed by atoms with Crippen molar-refractivity contribution in [1.82, 2.24) is 5.32 Å². The average Bonchev–Trinajstić information content (AvgIpc) is 2.26. The second-order valence-corrected chi connectivity index (χ2v) is 5.35. The van der Waals surface area contributed by atoms with Gasteiger partial charge in [-0.05, 0) is 24.8 Å². The predicted molar refractivity (Wildman–Crippen MR) is 68.4 cm³/mol. The summed E-state index contributed by atoms with van der Waals surface area (Å²) in [6, 6.07) is 0. The lowest BCUT2D eigenvalue weighted by atomic mass is 9.81. The van der Waals surface area contributed by atoms with Gasteiger partial charge in [0.1, 0.15) is 0 Å². The Kier molecular flexibility index (Phi) is 6.71. The topological polar surface area (TPSA) is 12.0 Å². The Morgan fingerprint density at radius 2 is 2.00 bits per heavy atom. The van der Waals surface area contributed by atoms with Gasteiger partial charge < -0.3 is 5.32 Å². The van der Waals surface area contributed by atoms with Gasteiger partial charge in [0.05, 0.1) is 0 Å². The highest BCUT2D eigenvalue weighted by Crippen LogP contribution is 2.29. The number of hydrogen-bond acceptors (Lipinski definition) is 1. The minimum Gasteiger partial charge on any atom is -0.312 e. The number of rotatable bonds is 5. The zero-order valence-corrected chi connectivity index (χ0v) is 10.9. The highest BCUT2D eigenvalue weighted by molar-refractivity contribution is 6.36. The molecular weight excluding hydrogens is 229 g/mol. The molecule has 0 amide bonds. The Bertz CT molecular complexity index is 196. The quantitative estimate of drug-likeness (QED) is 0.724. The van der Waals surface area contributed by atoms with Crippen LogP contribution in [0, 0.1) is 11.8 Å². The van der Waals surface area contributed by atoms with Crippen molar-refractivity contribution in [1.29, 1.82) is 0 Å². The lowest BCUT2D eigenvalue weighted by Crippen LogP contribution is -2.21. The van der Waals surface area contributed by atoms with Crippen LogP contribution in [0.2, 0.25) is 0 Å². The Morgan fingerprint density at radius 3 is 2.60 bits per heavy atom. The zero-order valence-electron chi connectivity index (χ0n) is 9.44. The molecule has 0 spiro atoms. The molecule has 0 heterocycles. The fraction of sp³-hybridized carbons (Fsp3) is 0.833. The molecule has 0 saturated heterocycles. The summed E-state index contributed by atoms with van der Waals surface area (Å²) >= 11 is 11.2. The van der Waals surface area contributed by atoms with E-state index >= 15 is 0 Å². The average molecular weight is 250 g/mol. The summed E-state index contributed by atoms with van der Waals surface area (Å²) in [5.74, 6) is 1.87. The van der Waals surface area contributed by atoms with Gasteiger partial charge in [-0.25, -0.2) is 0 Å². The van der Waals surface area contributed by atoms with Crippen molar-refractivity contribution in [3.05, 3.63) is 10.6 Å². The summed E-state index contributed by atoms with van der Waals surface area (Å²) in [5, 5.41) is 4.00. The van der Waals surface area contributed by atoms with E-state index in [0.29, 0.717) is 11.6 Å². The van der Waals surface area contributed by atoms with Crippen LogP contribution < -0.4 is 5.32 Å². The molecule has 0 aromatic carbocycles. The van der Waals surface area contributed by atoms with Crippen molar-refractivity contribution in [2.75, 3.05) is 13.1 Å². The highest BCUT2D eigenvalue weighted by Gasteiger charge is 2.17. The molecule has 1 N–H and O–H groups in total. The molecule has 88 valence electrons. The van der Waals surface area contributed by atoms with Crippen LogP contribution >= 0.6 is 23.2 Å². The van der Waals surface area contributed by atoms with Crippen LogP contribution in [0.3, 0.4) is 0 Å². The SMILES string of the molecule is CC1CCC(CCNCC(Cl)=CCl)CC1. The molecule has 1 aliphatic carbocycles. The molecule has 15 heavy (non-hydrogen) atoms. The van der Waals surface area contributed by atoms with Gasteiger partial charge >= 0.3 is 0 Å². The smallest absolute Gasteiger partial charge is 0.0431 e. The van der Waals surface area contributed by atoms with E-state index in [1.54, 1.807) is 0 Å². The summed E-state index contributed by atoms with van der Waals surface area (Å²) in [6.45, 7) is 4.12. The van der Waals surface area contributed by atoms with Gasteiger partial charge in [0, 0.05) is 17.1 Å². The van der Waals surface area contributed by atoms with Crippen LogP contribution in [0.4, 0.5) is 0 Å². The normalized spacial score (nSPS) is 28.1. The lowest BCUT2D eigenvalue weighted by molar-refractivity contribution is 0.276. The Hall–Kier alpha value is 0.280. The van der Waals surface area contributed by atoms with Gasteiger partial charge in [0.25, 0.3) is 0 Å². The maximum atomic E-state index is 5.77. The predicted octanol–water partition coefficient (Wildman–Crippen LogP) is 4.11. The van der Waals surface area contributed by atoms with E-state index < -0.39 is 0 Å². The third kappa shape index (κ3) is 5.79. The number of nitrogens with one attached hydrogen (secondary N) is 1. The number of halogens is 2. The van der Waals surface area contributed by atoms with E-state index in [0.717, 1.165) is 18.4 Å². The first-order chi connectivity index (χ1) is 7.22. The minimum atomic E-state index is 0.689. The van der Waals surface area contributed by atoms with Crippen LogP contribution in [0.15, 0.2) is 10.6 Å². The summed E-state index contributed by atoms with van der Waals surface area (Å²) < 4.78 is 0. The Morgan fingerprint density at radius 1 is 1.33 bits per heavy atom. The summed E-state index contributed by atoms with van der Waals surface area (Å²) in [6.07, 6.45) is 6.91. The fourth-order valence-electron chi connectivity index (χ4n) is 2.17. The van der Waals surface area contributed by atoms with E-state index in [1.165, 1.54) is 37.6 Å². The van der Waals surface area contributed by atoms with Gasteiger partial charge in [0.2, 0.25) is 0 Å². The first kappa shape index (κ1) is 13.3. The van der Waals surface area contributed by atoms with Crippen molar-refractivity contribution >= 4 is 23.2 Å². The summed E-state index contributed by atoms with van der Waals surface area (Å²) in [7, 11) is 0. The second kappa shape index (κ2) is 7.54. The lowest BCUT2D eigenvalue weighted by Gasteiger charge is -2.26. The molecule has 1 rings (SSSR count). The molecule has 1 aliphatic rings. The zero-order chi connectivity index (χ0) is 11.1. The Labute approximate surface area is 103 Å². The fourth-order valence-corrected chi connectivity index (χ4v) is 2.34. The van der Waals surface area contributed by atoms with Gasteiger partial charge in [-0.1, -0.05) is 55.8 Å². The van der Waals surface area contributed by atoms with Crippen LogP contribution in [0.1, 0.15) is 39.0 Å². The van der Waals surface area contributed by atoms with Crippen molar-refractivity contribution < 1.29 is 0 Å². The van der Waals surface area contributed by atoms with E-state index in [4.69, 9.17) is 23.2 Å². The summed E-state index contributed by atoms with van der Waals surface area (Å²) in [5.41, 5.74) is 1.43. The van der Waals surface area contributed by atoms with Crippen molar-refractivity contribution in [2.45, 2.75) is 39.0 Å². The maximum absolute atomic E-state index is 5.77. The molecule has 1 saturated carbocycles. The van der Waals surface area contributed by atoms with E-state index in [9.17, 15) is 0 Å². The van der Waals surface area contributed by atoms with Gasteiger partial charge in [-0.3, -0.25) is 0 Å². The molecule has 1 nitrogen and oxygen atoms in total. The minimum absolute atomic E-state index is 0.689. The van der Waals surface area contributed by atoms with Crippen molar-refractivity contribution in [2.24, 2.45) is 11.8 Å². The van der Waals surface area contributed by atoms with Crippen LogP contribution in [0.5, 0.6) is 0 Å². The third-order valence-corrected chi connectivity index (χ3v) is 3.89. The standard InChI is InChI=1S/C12H21Cl2N/c1-10-2-4-11(5-3-10)6-7-15-9-12(14)8-13/h8,10-11,15H,2-7,9H2,1H3.